The highest BCUT2D eigenvalue weighted by atomic mass is 35.5. The SMILES string of the molecule is O=C(O)[C@H]1C[C@@H](O)CN1Cc1cc(Cl)c(Oc2ncnc3c(-c4ccccc4)cccc23)cc1OCc1ccc2ccc(=O)oc2c1. The van der Waals surface area contributed by atoms with Gasteiger partial charge in [0, 0.05) is 48.2 Å². The van der Waals surface area contributed by atoms with E-state index in [1.165, 1.54) is 12.4 Å². The second-order valence-electron chi connectivity index (χ2n) is 11.3. The molecule has 236 valence electrons. The van der Waals surface area contributed by atoms with Crippen LogP contribution in [0.1, 0.15) is 17.5 Å². The number of β-amino-alcohol motifs (C(OH)–C–C–N with tert-alkyl or cyclic N) is 1. The summed E-state index contributed by atoms with van der Waals surface area (Å²) in [4.78, 5) is 34.4. The summed E-state index contributed by atoms with van der Waals surface area (Å²) >= 11 is 6.79. The first-order chi connectivity index (χ1) is 22.8. The number of aliphatic hydroxyl groups is 1. The number of hydrogen-bond donors (Lipinski definition) is 2. The topological polar surface area (TPSA) is 135 Å². The first-order valence-electron chi connectivity index (χ1n) is 14.9. The average molecular weight is 650 g/mol. The molecule has 2 N–H and O–H groups in total. The highest BCUT2D eigenvalue weighted by molar-refractivity contribution is 6.32. The van der Waals surface area contributed by atoms with Gasteiger partial charge in [-0.25, -0.2) is 14.8 Å². The lowest BCUT2D eigenvalue weighted by atomic mass is 10.0. The number of rotatable bonds is 9. The third kappa shape index (κ3) is 6.39. The third-order valence-corrected chi connectivity index (χ3v) is 8.45. The number of para-hydroxylation sites is 1. The lowest BCUT2D eigenvalue weighted by Gasteiger charge is -2.23. The Labute approximate surface area is 273 Å². The molecule has 7 rings (SSSR count). The van der Waals surface area contributed by atoms with Crippen LogP contribution in [0.3, 0.4) is 0 Å². The minimum absolute atomic E-state index is 0.102. The fraction of sp³-hybridized carbons (Fsp3) is 0.167. The Bertz CT molecular complexity index is 2170. The largest absolute Gasteiger partial charge is 0.488 e. The Balaban J connectivity index is 1.24. The lowest BCUT2D eigenvalue weighted by molar-refractivity contribution is -0.142. The molecule has 10 nitrogen and oxygen atoms in total. The quantitative estimate of drug-likeness (QED) is 0.168. The van der Waals surface area contributed by atoms with E-state index in [9.17, 15) is 19.8 Å². The maximum Gasteiger partial charge on any atom is 0.336 e. The van der Waals surface area contributed by atoms with E-state index in [0.29, 0.717) is 33.7 Å². The van der Waals surface area contributed by atoms with Crippen molar-refractivity contribution in [2.45, 2.75) is 31.7 Å². The summed E-state index contributed by atoms with van der Waals surface area (Å²) in [5.74, 6) is -0.0473. The van der Waals surface area contributed by atoms with Crippen LogP contribution in [0.4, 0.5) is 0 Å². The minimum Gasteiger partial charge on any atom is -0.488 e. The minimum atomic E-state index is -1.02. The predicted octanol–water partition coefficient (Wildman–Crippen LogP) is 6.45. The number of nitrogens with zero attached hydrogens (tertiary/aromatic N) is 3. The Morgan fingerprint density at radius 1 is 0.979 bits per heavy atom. The van der Waals surface area contributed by atoms with Crippen LogP contribution in [0, 0.1) is 0 Å². The number of carboxylic acid groups (broad SMARTS) is 1. The highest BCUT2D eigenvalue weighted by Crippen LogP contribution is 2.39. The van der Waals surface area contributed by atoms with Crippen LogP contribution in [0.2, 0.25) is 5.02 Å². The number of aliphatic carboxylic acids is 1. The van der Waals surface area contributed by atoms with Gasteiger partial charge in [-0.1, -0.05) is 66.2 Å². The molecule has 47 heavy (non-hydrogen) atoms. The smallest absolute Gasteiger partial charge is 0.336 e. The van der Waals surface area contributed by atoms with Crippen molar-refractivity contribution in [2.75, 3.05) is 6.54 Å². The molecule has 3 heterocycles. The second kappa shape index (κ2) is 12.8. The van der Waals surface area contributed by atoms with E-state index in [1.807, 2.05) is 60.7 Å². The number of halogens is 1. The predicted molar refractivity (Wildman–Crippen MR) is 176 cm³/mol. The van der Waals surface area contributed by atoms with E-state index in [4.69, 9.17) is 25.5 Å². The molecule has 0 amide bonds. The van der Waals surface area contributed by atoms with Crippen LogP contribution in [0.5, 0.6) is 17.4 Å². The zero-order valence-corrected chi connectivity index (χ0v) is 25.6. The van der Waals surface area contributed by atoms with E-state index in [-0.39, 0.29) is 36.9 Å². The lowest BCUT2D eigenvalue weighted by Crippen LogP contribution is -2.35. The van der Waals surface area contributed by atoms with Crippen LogP contribution in [0.25, 0.3) is 33.0 Å². The average Bonchev–Trinajstić information content (AvgIpc) is 3.45. The van der Waals surface area contributed by atoms with E-state index >= 15 is 0 Å². The van der Waals surface area contributed by atoms with Gasteiger partial charge in [-0.3, -0.25) is 9.69 Å². The van der Waals surface area contributed by atoms with E-state index in [0.717, 1.165) is 22.1 Å². The van der Waals surface area contributed by atoms with Crippen molar-refractivity contribution in [1.82, 2.24) is 14.9 Å². The number of ether oxygens (including phenoxy) is 2. The van der Waals surface area contributed by atoms with Crippen molar-refractivity contribution in [3.63, 3.8) is 0 Å². The molecule has 0 saturated carbocycles. The van der Waals surface area contributed by atoms with E-state index < -0.39 is 23.7 Å². The number of hydrogen-bond acceptors (Lipinski definition) is 9. The number of benzene rings is 4. The number of likely N-dealkylation sites (tertiary alicyclic amines) is 1. The third-order valence-electron chi connectivity index (χ3n) is 8.16. The summed E-state index contributed by atoms with van der Waals surface area (Å²) < 4.78 is 18.0. The van der Waals surface area contributed by atoms with Gasteiger partial charge in [-0.05, 0) is 35.4 Å². The van der Waals surface area contributed by atoms with Gasteiger partial charge in [-0.15, -0.1) is 0 Å². The van der Waals surface area contributed by atoms with Crippen LogP contribution < -0.4 is 15.1 Å². The summed E-state index contributed by atoms with van der Waals surface area (Å²) in [7, 11) is 0. The number of aromatic nitrogens is 2. The summed E-state index contributed by atoms with van der Waals surface area (Å²) in [5.41, 5.74) is 3.96. The van der Waals surface area contributed by atoms with Crippen LogP contribution in [0.15, 0.2) is 107 Å². The molecule has 11 heteroatoms. The van der Waals surface area contributed by atoms with Crippen molar-refractivity contribution < 1.29 is 28.9 Å². The molecule has 0 spiro atoms. The molecule has 0 unspecified atom stereocenters. The molecule has 2 atom stereocenters. The van der Waals surface area contributed by atoms with Gasteiger partial charge >= 0.3 is 11.6 Å². The molecule has 0 aliphatic carbocycles. The van der Waals surface area contributed by atoms with E-state index in [1.54, 1.807) is 29.2 Å². The first kappa shape index (κ1) is 30.4. The number of aliphatic hydroxyl groups excluding tert-OH is 1. The summed E-state index contributed by atoms with van der Waals surface area (Å²) in [6, 6.07) is 26.6. The van der Waals surface area contributed by atoms with Gasteiger partial charge in [0.15, 0.2) is 5.75 Å². The number of carboxylic acids is 1. The highest BCUT2D eigenvalue weighted by Gasteiger charge is 2.36. The molecular formula is C36H28ClN3O7. The molecule has 4 aromatic carbocycles. The molecule has 0 bridgehead atoms. The molecule has 6 aromatic rings. The Hall–Kier alpha value is -5.29. The molecule has 1 aliphatic heterocycles. The number of fused-ring (bicyclic) bond motifs is 2. The van der Waals surface area contributed by atoms with Gasteiger partial charge < -0.3 is 24.1 Å². The van der Waals surface area contributed by atoms with Gasteiger partial charge in [-0.2, -0.15) is 0 Å². The standard InChI is InChI=1S/C36H28ClN3O7/c37-28-14-24(17-40-18-25(41)15-29(40)36(43)44)30(45-19-21-9-10-23-11-12-33(42)46-31(23)13-21)16-32(28)47-35-27-8-4-7-26(34(27)38-20-39-35)22-5-2-1-3-6-22/h1-14,16,20,25,29,41H,15,17-19H2,(H,43,44)/t25-,29-/m1/s1. The molecule has 1 saturated heterocycles. The van der Waals surface area contributed by atoms with Gasteiger partial charge in [0.2, 0.25) is 5.88 Å². The molecule has 1 aliphatic rings. The molecule has 2 aromatic heterocycles. The van der Waals surface area contributed by atoms with Crippen LogP contribution >= 0.6 is 11.6 Å². The normalized spacial score (nSPS) is 16.5. The maximum absolute atomic E-state index is 11.9. The van der Waals surface area contributed by atoms with Crippen molar-refractivity contribution in [3.05, 3.63) is 124 Å². The van der Waals surface area contributed by atoms with Gasteiger partial charge in [0.05, 0.1) is 22.0 Å². The fourth-order valence-electron chi connectivity index (χ4n) is 5.90. The van der Waals surface area contributed by atoms with Crippen molar-refractivity contribution in [3.8, 4) is 28.5 Å². The van der Waals surface area contributed by atoms with Gasteiger partial charge in [0.25, 0.3) is 0 Å². The Morgan fingerprint density at radius 2 is 1.81 bits per heavy atom. The monoisotopic (exact) mass is 649 g/mol. The Morgan fingerprint density at radius 3 is 2.64 bits per heavy atom. The number of carbonyl (C=O) groups is 1. The van der Waals surface area contributed by atoms with Crippen LogP contribution in [-0.2, 0) is 17.9 Å². The fourth-order valence-corrected chi connectivity index (χ4v) is 6.12. The second-order valence-corrected chi connectivity index (χ2v) is 11.7. The molecule has 0 radical (unpaired) electrons. The van der Waals surface area contributed by atoms with Gasteiger partial charge in [0.1, 0.15) is 30.3 Å². The van der Waals surface area contributed by atoms with Crippen molar-refractivity contribution in [2.24, 2.45) is 0 Å². The summed E-state index contributed by atoms with van der Waals surface area (Å²) in [5, 5.41) is 21.7. The summed E-state index contributed by atoms with van der Waals surface area (Å²) in [6.07, 6.45) is 0.791. The van der Waals surface area contributed by atoms with Crippen molar-refractivity contribution >= 4 is 39.4 Å². The zero-order chi connectivity index (χ0) is 32.5. The first-order valence-corrected chi connectivity index (χ1v) is 15.3. The summed E-state index contributed by atoms with van der Waals surface area (Å²) in [6.45, 7) is 0.448. The van der Waals surface area contributed by atoms with E-state index in [2.05, 4.69) is 9.97 Å². The Kier molecular flexibility index (Phi) is 8.30. The molecular weight excluding hydrogens is 622 g/mol. The van der Waals surface area contributed by atoms with Crippen LogP contribution in [-0.4, -0.2) is 49.7 Å². The van der Waals surface area contributed by atoms with Crippen molar-refractivity contribution in [1.29, 1.82) is 0 Å². The maximum atomic E-state index is 11.9. The molecule has 1 fully saturated rings. The zero-order valence-electron chi connectivity index (χ0n) is 24.9.